The van der Waals surface area contributed by atoms with Gasteiger partial charge >= 0.3 is 0 Å². The zero-order valence-corrected chi connectivity index (χ0v) is 35.6. The molecule has 0 bridgehead atoms. The average molecular weight is 819 g/mol. The van der Waals surface area contributed by atoms with E-state index in [0.29, 0.717) is 0 Å². The monoisotopic (exact) mass is 818 g/mol. The van der Waals surface area contributed by atoms with Crippen molar-refractivity contribution in [2.45, 2.75) is 0 Å². The van der Waals surface area contributed by atoms with Crippen LogP contribution in [-0.4, -0.2) is 17.2 Å². The molecule has 0 radical (unpaired) electrons. The number of rotatable bonds is 8. The first-order valence-electron chi connectivity index (χ1n) is 21.8. The van der Waals surface area contributed by atoms with E-state index in [4.69, 9.17) is 0 Å². The molecule has 296 valence electrons. The maximum absolute atomic E-state index is 2.98. The Kier molecular flexibility index (Phi) is 8.87. The summed E-state index contributed by atoms with van der Waals surface area (Å²) in [5.74, 6) is 0. The van der Waals surface area contributed by atoms with Gasteiger partial charge in [0.2, 0.25) is 0 Å². The predicted octanol–water partition coefficient (Wildman–Crippen LogP) is 12.6. The predicted molar refractivity (Wildman–Crippen MR) is 270 cm³/mol. The molecule has 10 aromatic carbocycles. The minimum Gasteiger partial charge on any atom is -0.309 e. The summed E-state index contributed by atoms with van der Waals surface area (Å²) >= 11 is 0. The molecule has 0 N–H and O–H groups in total. The minimum absolute atomic E-state index is 1.12. The summed E-state index contributed by atoms with van der Waals surface area (Å²) in [6, 6.07) is 94.4. The van der Waals surface area contributed by atoms with Crippen LogP contribution in [0.15, 0.2) is 255 Å². The lowest BCUT2D eigenvalue weighted by Gasteiger charge is -2.36. The van der Waals surface area contributed by atoms with E-state index in [2.05, 4.69) is 264 Å². The number of para-hydroxylation sites is 2. The van der Waals surface area contributed by atoms with Gasteiger partial charge in [-0.05, 0) is 73.8 Å². The second-order valence-electron chi connectivity index (χ2n) is 16.4. The maximum atomic E-state index is 2.55. The first-order valence-corrected chi connectivity index (χ1v) is 23.8. The van der Waals surface area contributed by atoms with Crippen LogP contribution in [0.3, 0.4) is 0 Å². The summed E-state index contributed by atoms with van der Waals surface area (Å²) in [7, 11) is -2.98. The van der Waals surface area contributed by atoms with Gasteiger partial charge in [0, 0.05) is 38.5 Å². The first kappa shape index (κ1) is 36.8. The Bertz CT molecular complexity index is 3480. The van der Waals surface area contributed by atoms with Crippen LogP contribution in [0.1, 0.15) is 0 Å². The molecule has 63 heavy (non-hydrogen) atoms. The van der Waals surface area contributed by atoms with E-state index in [-0.39, 0.29) is 0 Å². The van der Waals surface area contributed by atoms with Crippen molar-refractivity contribution in [1.82, 2.24) is 9.13 Å². The molecule has 0 spiro atoms. The van der Waals surface area contributed by atoms with Gasteiger partial charge in [-0.1, -0.05) is 218 Å². The standard InChI is InChI=1S/C60H42N2Si/c1-6-20-43(21-7-1)44-34-36-46(37-35-44)61-55-32-18-16-30-51(55)53-39-38-47(42-57(53)61)62-56-33-19-17-31-52(56)54-40-41-58(59(60(54)62)45-22-8-2-9-23-45)63(48-24-10-3-11-25-48,49-26-12-4-13-27-49)50-28-14-5-15-29-50/h1-42H. The number of benzene rings is 10. The minimum atomic E-state index is -2.98. The molecular formula is C60H42N2Si. The molecule has 12 rings (SSSR count). The third-order valence-corrected chi connectivity index (χ3v) is 17.9. The molecule has 12 aromatic rings. The van der Waals surface area contributed by atoms with Crippen LogP contribution in [-0.2, 0) is 0 Å². The van der Waals surface area contributed by atoms with Gasteiger partial charge in [-0.2, -0.15) is 0 Å². The van der Waals surface area contributed by atoms with Crippen molar-refractivity contribution in [2.24, 2.45) is 0 Å². The smallest absolute Gasteiger partial charge is 0.180 e. The zero-order valence-electron chi connectivity index (χ0n) is 34.6. The van der Waals surface area contributed by atoms with Gasteiger partial charge in [0.05, 0.1) is 22.1 Å². The fourth-order valence-electron chi connectivity index (χ4n) is 10.4. The lowest BCUT2D eigenvalue weighted by molar-refractivity contribution is 1.16. The molecule has 2 nitrogen and oxygen atoms in total. The van der Waals surface area contributed by atoms with Crippen molar-refractivity contribution >= 4 is 72.4 Å². The topological polar surface area (TPSA) is 9.86 Å². The third-order valence-electron chi connectivity index (χ3n) is 13.1. The average Bonchev–Trinajstić information content (AvgIpc) is 3.88. The molecule has 0 aliphatic heterocycles. The molecule has 0 atom stereocenters. The van der Waals surface area contributed by atoms with E-state index < -0.39 is 8.07 Å². The van der Waals surface area contributed by atoms with Crippen LogP contribution in [0.4, 0.5) is 0 Å². The Balaban J connectivity index is 1.20. The molecule has 3 heteroatoms. The summed E-state index contributed by atoms with van der Waals surface area (Å²) in [5.41, 5.74) is 11.9. The van der Waals surface area contributed by atoms with Gasteiger partial charge in [0.1, 0.15) is 0 Å². The summed E-state index contributed by atoms with van der Waals surface area (Å²) < 4.78 is 5.00. The van der Waals surface area contributed by atoms with Gasteiger partial charge in [-0.25, -0.2) is 0 Å². The van der Waals surface area contributed by atoms with Gasteiger partial charge in [0.15, 0.2) is 8.07 Å². The zero-order chi connectivity index (χ0) is 41.7. The molecule has 2 heterocycles. The second-order valence-corrected chi connectivity index (χ2v) is 20.2. The van der Waals surface area contributed by atoms with Crippen LogP contribution >= 0.6 is 0 Å². The second kappa shape index (κ2) is 15.2. The largest absolute Gasteiger partial charge is 0.309 e. The molecule has 2 aromatic heterocycles. The number of nitrogens with zero attached hydrogens (tertiary/aromatic N) is 2. The highest BCUT2D eigenvalue weighted by Gasteiger charge is 2.44. The van der Waals surface area contributed by atoms with Gasteiger partial charge in [-0.3, -0.25) is 0 Å². The molecular weight excluding hydrogens is 777 g/mol. The Morgan fingerprint density at radius 2 is 0.683 bits per heavy atom. The number of hydrogen-bond acceptors (Lipinski definition) is 0. The van der Waals surface area contributed by atoms with Crippen molar-refractivity contribution in [3.8, 4) is 33.6 Å². The van der Waals surface area contributed by atoms with E-state index in [1.165, 1.54) is 86.6 Å². The number of fused-ring (bicyclic) bond motifs is 6. The van der Waals surface area contributed by atoms with Crippen LogP contribution in [0.5, 0.6) is 0 Å². The Morgan fingerprint density at radius 3 is 1.25 bits per heavy atom. The number of aromatic nitrogens is 2. The van der Waals surface area contributed by atoms with Crippen molar-refractivity contribution in [3.05, 3.63) is 255 Å². The summed E-state index contributed by atoms with van der Waals surface area (Å²) in [6.45, 7) is 0. The normalized spacial score (nSPS) is 11.8. The molecule has 0 aliphatic carbocycles. The first-order chi connectivity index (χ1) is 31.3. The van der Waals surface area contributed by atoms with Crippen LogP contribution < -0.4 is 20.7 Å². The number of hydrogen-bond donors (Lipinski definition) is 0. The molecule has 0 unspecified atom stereocenters. The Labute approximate surface area is 368 Å². The lowest BCUT2D eigenvalue weighted by Crippen LogP contribution is -2.75. The van der Waals surface area contributed by atoms with Crippen molar-refractivity contribution in [2.75, 3.05) is 0 Å². The highest BCUT2D eigenvalue weighted by Crippen LogP contribution is 2.40. The van der Waals surface area contributed by atoms with Gasteiger partial charge < -0.3 is 9.13 Å². The van der Waals surface area contributed by atoms with E-state index >= 15 is 0 Å². The molecule has 0 aliphatic rings. The van der Waals surface area contributed by atoms with E-state index in [1.54, 1.807) is 0 Å². The summed E-state index contributed by atoms with van der Waals surface area (Å²) in [6.07, 6.45) is 0. The van der Waals surface area contributed by atoms with Crippen LogP contribution in [0.2, 0.25) is 0 Å². The fraction of sp³-hybridized carbons (Fsp3) is 0. The fourth-order valence-corrected chi connectivity index (χ4v) is 15.4. The van der Waals surface area contributed by atoms with E-state index in [1.807, 2.05) is 0 Å². The quantitative estimate of drug-likeness (QED) is 0.107. The Hall–Kier alpha value is -7.98. The van der Waals surface area contributed by atoms with E-state index in [0.717, 1.165) is 11.4 Å². The molecule has 0 amide bonds. The summed E-state index contributed by atoms with van der Waals surface area (Å²) in [4.78, 5) is 0. The molecule has 0 saturated heterocycles. The van der Waals surface area contributed by atoms with E-state index in [9.17, 15) is 0 Å². The van der Waals surface area contributed by atoms with Crippen molar-refractivity contribution in [1.29, 1.82) is 0 Å². The van der Waals surface area contributed by atoms with Crippen LogP contribution in [0.25, 0.3) is 77.2 Å². The lowest BCUT2D eigenvalue weighted by atomic mass is 10.0. The van der Waals surface area contributed by atoms with Crippen molar-refractivity contribution in [3.63, 3.8) is 0 Å². The van der Waals surface area contributed by atoms with Gasteiger partial charge in [0.25, 0.3) is 0 Å². The Morgan fingerprint density at radius 1 is 0.270 bits per heavy atom. The summed E-state index contributed by atoms with van der Waals surface area (Å²) in [5, 5.41) is 10.4. The SMILES string of the molecule is c1ccc(-c2ccc(-n3c4ccccc4c4ccc(-n5c6ccccc6c6ccc([Si](c7ccccc7)(c7ccccc7)c7ccccc7)c(-c7ccccc7)c65)cc43)cc2)cc1. The highest BCUT2D eigenvalue weighted by atomic mass is 28.3. The van der Waals surface area contributed by atoms with Crippen molar-refractivity contribution < 1.29 is 0 Å². The molecule has 0 saturated carbocycles. The molecule has 0 fully saturated rings. The highest BCUT2D eigenvalue weighted by molar-refractivity contribution is 7.20. The van der Waals surface area contributed by atoms with Crippen LogP contribution in [0, 0.1) is 0 Å². The van der Waals surface area contributed by atoms with Gasteiger partial charge in [-0.15, -0.1) is 0 Å². The third kappa shape index (κ3) is 5.85. The maximum Gasteiger partial charge on any atom is 0.180 e.